The number of unbranched alkanes of at least 4 members (excludes halogenated alkanes) is 2. The number of anilines is 1. The maximum atomic E-state index is 13.2. The van der Waals surface area contributed by atoms with Crippen molar-refractivity contribution in [2.75, 3.05) is 45.3 Å². The molecular weight excluding hydrogens is 869 g/mol. The van der Waals surface area contributed by atoms with Gasteiger partial charge in [-0.15, -0.1) is 0 Å². The maximum Gasteiger partial charge on any atom is 0.303 e. The van der Waals surface area contributed by atoms with Crippen LogP contribution in [0.2, 0.25) is 0 Å². The summed E-state index contributed by atoms with van der Waals surface area (Å²) in [6.45, 7) is 11.8. The van der Waals surface area contributed by atoms with E-state index in [0.717, 1.165) is 57.9 Å². The fourth-order valence-electron chi connectivity index (χ4n) is 9.68. The highest BCUT2D eigenvalue weighted by molar-refractivity contribution is 6.03. The third kappa shape index (κ3) is 11.1. The first kappa shape index (κ1) is 51.8. The fourth-order valence-corrected chi connectivity index (χ4v) is 9.68. The van der Waals surface area contributed by atoms with Gasteiger partial charge in [-0.1, -0.05) is 38.1 Å². The van der Waals surface area contributed by atoms with Crippen molar-refractivity contribution in [1.82, 2.24) is 10.6 Å². The Balaban J connectivity index is 1.17. The summed E-state index contributed by atoms with van der Waals surface area (Å²) in [5.41, 5.74) is 6.85. The van der Waals surface area contributed by atoms with Crippen LogP contribution in [-0.2, 0) is 57.0 Å². The number of nitrogens with one attached hydrogen (secondary N) is 2. The van der Waals surface area contributed by atoms with Gasteiger partial charge in [0.1, 0.15) is 55.4 Å². The molecule has 10 atom stereocenters. The van der Waals surface area contributed by atoms with Gasteiger partial charge >= 0.3 is 5.97 Å². The molecule has 0 radical (unpaired) electrons. The molecule has 2 fully saturated rings. The number of hydrogen-bond donors (Lipinski definition) is 9. The molecular formula is C49H69N4O14+. The number of carboxylic acid groups (broad SMARTS) is 1. The fraction of sp³-hybridized carbons (Fsp3) is 0.592. The van der Waals surface area contributed by atoms with Crippen LogP contribution in [0.1, 0.15) is 82.6 Å². The van der Waals surface area contributed by atoms with Crippen molar-refractivity contribution >= 4 is 34.9 Å². The van der Waals surface area contributed by atoms with Gasteiger partial charge in [0.2, 0.25) is 17.5 Å². The zero-order chi connectivity index (χ0) is 49.0. The van der Waals surface area contributed by atoms with Gasteiger partial charge in [0.15, 0.2) is 18.3 Å². The number of fused-ring (bicyclic) bond motifs is 2. The van der Waals surface area contributed by atoms with Crippen LogP contribution in [-0.4, -0.2) is 166 Å². The molecule has 0 spiro atoms. The first-order chi connectivity index (χ1) is 31.7. The van der Waals surface area contributed by atoms with Crippen molar-refractivity contribution < 1.29 is 73.7 Å². The topological polar surface area (TPSA) is 260 Å². The number of aliphatic hydroxyl groups is 6. The third-order valence-corrected chi connectivity index (χ3v) is 13.5. The Bertz CT molecular complexity index is 2200. The van der Waals surface area contributed by atoms with Gasteiger partial charge in [0.25, 0.3) is 0 Å². The summed E-state index contributed by atoms with van der Waals surface area (Å²) in [5, 5.41) is 76.3. The van der Waals surface area contributed by atoms with Crippen molar-refractivity contribution in [3.05, 3.63) is 82.6 Å². The molecule has 18 nitrogen and oxygen atoms in total. The lowest BCUT2D eigenvalue weighted by Crippen LogP contribution is -2.60. The van der Waals surface area contributed by atoms with Gasteiger partial charge in [-0.3, -0.25) is 14.4 Å². The molecule has 4 heterocycles. The van der Waals surface area contributed by atoms with E-state index in [0.29, 0.717) is 19.5 Å². The van der Waals surface area contributed by atoms with Gasteiger partial charge in [0.05, 0.1) is 18.3 Å². The lowest BCUT2D eigenvalue weighted by Gasteiger charge is -2.39. The molecule has 0 aliphatic carbocycles. The highest BCUT2D eigenvalue weighted by atomic mass is 16.7. The summed E-state index contributed by atoms with van der Waals surface area (Å²) >= 11 is 0. The number of aliphatic hydroxyl groups excluding tert-OH is 6. The van der Waals surface area contributed by atoms with Crippen molar-refractivity contribution in [2.45, 2.75) is 145 Å². The summed E-state index contributed by atoms with van der Waals surface area (Å²) in [6.07, 6.45) is -4.40. The van der Waals surface area contributed by atoms with Crippen LogP contribution in [0, 0.1) is 0 Å². The summed E-state index contributed by atoms with van der Waals surface area (Å²) < 4.78 is 23.6. The van der Waals surface area contributed by atoms with E-state index in [4.69, 9.17) is 18.9 Å². The molecule has 0 unspecified atom stereocenters. The van der Waals surface area contributed by atoms with Crippen LogP contribution in [0.5, 0.6) is 0 Å². The first-order valence-corrected chi connectivity index (χ1v) is 23.0. The number of nitrogens with zero attached hydrogens (tertiary/aromatic N) is 2. The Hall–Kier alpha value is -4.60. The number of amides is 2. The summed E-state index contributed by atoms with van der Waals surface area (Å²) in [7, 11) is 2.62. The predicted molar refractivity (Wildman–Crippen MR) is 246 cm³/mol. The molecule has 368 valence electrons. The lowest BCUT2D eigenvalue weighted by molar-refractivity contribution is -0.438. The lowest BCUT2D eigenvalue weighted by atomic mass is 9.80. The van der Waals surface area contributed by atoms with Crippen LogP contribution in [0.4, 0.5) is 11.4 Å². The Kier molecular flexibility index (Phi) is 16.8. The molecule has 2 amide bonds. The van der Waals surface area contributed by atoms with Crippen molar-refractivity contribution in [3.63, 3.8) is 0 Å². The van der Waals surface area contributed by atoms with E-state index in [1.807, 2.05) is 36.4 Å². The van der Waals surface area contributed by atoms with Crippen LogP contribution >= 0.6 is 0 Å². The van der Waals surface area contributed by atoms with Crippen LogP contribution in [0.15, 0.2) is 60.3 Å². The number of aliphatic carboxylic acids is 1. The molecule has 18 heteroatoms. The van der Waals surface area contributed by atoms with E-state index >= 15 is 0 Å². The molecule has 2 aromatic rings. The number of benzene rings is 2. The van der Waals surface area contributed by atoms with Gasteiger partial charge in [-0.25, -0.2) is 0 Å². The second-order valence-electron chi connectivity index (χ2n) is 18.8. The Labute approximate surface area is 391 Å². The number of rotatable bonds is 19. The quantitative estimate of drug-likeness (QED) is 0.0709. The number of hydrogen-bond acceptors (Lipinski definition) is 14. The highest BCUT2D eigenvalue weighted by Gasteiger charge is 2.47. The van der Waals surface area contributed by atoms with Crippen molar-refractivity contribution in [3.8, 4) is 0 Å². The van der Waals surface area contributed by atoms with Crippen LogP contribution < -0.4 is 15.5 Å². The largest absolute Gasteiger partial charge is 0.481 e. The summed E-state index contributed by atoms with van der Waals surface area (Å²) in [6, 6.07) is 11.9. The normalized spacial score (nSPS) is 29.3. The minimum absolute atomic E-state index is 0.0397. The zero-order valence-corrected chi connectivity index (χ0v) is 39.4. The second-order valence-corrected chi connectivity index (χ2v) is 18.8. The number of likely N-dealkylation sites (N-methyl/N-ethyl adjacent to an activating group) is 1. The van der Waals surface area contributed by atoms with Gasteiger partial charge in [0, 0.05) is 81.2 Å². The minimum atomic E-state index is -1.50. The Morgan fingerprint density at radius 2 is 1.27 bits per heavy atom. The van der Waals surface area contributed by atoms with E-state index in [-0.39, 0.29) is 44.2 Å². The highest BCUT2D eigenvalue weighted by Crippen LogP contribution is 2.48. The van der Waals surface area contributed by atoms with Crippen LogP contribution in [0.3, 0.4) is 0 Å². The van der Waals surface area contributed by atoms with E-state index < -0.39 is 78.2 Å². The standard InChI is InChI=1S/C49H68N4O14/c1-8-52-31-18-16-27(23-37(54)50-25-33-40(58)42(60)44(62)46(64-6)66-33)21-29(31)48(2,3)35(52)13-12-14-36-49(4,5)30-22-28(17-19-32(30)53(36)20-11-9-10-15-39(56)57)24-38(55)51-26-34-41(59)43(61)45(63)47(65-7)67-34/h12-14,16-19,21-22,33-34,40-47,58-63H,8-11,15,20,23-26H2,1-7H3,(H2-,50,51,54,55,56,57)/p+1/t33-,34-,40-,41-,42+,43+,44-,45-,46+,47+/m1/s1. The second kappa shape index (κ2) is 21.8. The molecule has 0 saturated carbocycles. The Morgan fingerprint density at radius 1 is 0.731 bits per heavy atom. The van der Waals surface area contributed by atoms with Crippen molar-refractivity contribution in [2.24, 2.45) is 0 Å². The number of allylic oxidation sites excluding steroid dienone is 4. The molecule has 6 rings (SSSR count). The molecule has 0 aromatic heterocycles. The molecule has 4 aliphatic rings. The van der Waals surface area contributed by atoms with Gasteiger partial charge < -0.3 is 70.2 Å². The smallest absolute Gasteiger partial charge is 0.303 e. The predicted octanol–water partition coefficient (Wildman–Crippen LogP) is 1.19. The summed E-state index contributed by atoms with van der Waals surface area (Å²) in [4.78, 5) is 39.9. The molecule has 67 heavy (non-hydrogen) atoms. The minimum Gasteiger partial charge on any atom is -0.481 e. The average Bonchev–Trinajstić information content (AvgIpc) is 3.63. The SMILES string of the molecule is CCN1/C(=C\C=C\C2=[N+](CCCCCC(=O)O)c3ccc(CC(=O)NC[C@H]4O[C@H](OC)[C@H](O)[C@@H](O)[C@@H]4O)cc3C2(C)C)C(C)(C)c2cc(CC(=O)NC[C@H]3O[C@H](OC)[C@H](O)[C@@H](O)[C@@H]3O)ccc21. The third-order valence-electron chi connectivity index (χ3n) is 13.5. The van der Waals surface area contributed by atoms with E-state index in [1.54, 1.807) is 0 Å². The number of carboxylic acids is 1. The van der Waals surface area contributed by atoms with Crippen molar-refractivity contribution in [1.29, 1.82) is 0 Å². The molecule has 9 N–H and O–H groups in total. The van der Waals surface area contributed by atoms with Crippen LogP contribution in [0.25, 0.3) is 0 Å². The zero-order valence-electron chi connectivity index (χ0n) is 39.4. The monoisotopic (exact) mass is 937 g/mol. The van der Waals surface area contributed by atoms with E-state index in [2.05, 4.69) is 73.0 Å². The van der Waals surface area contributed by atoms with Gasteiger partial charge in [-0.05, 0) is 68.5 Å². The number of carbonyl (C=O) groups is 3. The molecule has 4 aliphatic heterocycles. The maximum absolute atomic E-state index is 13.2. The average molecular weight is 938 g/mol. The molecule has 2 saturated heterocycles. The van der Waals surface area contributed by atoms with E-state index in [1.165, 1.54) is 14.2 Å². The molecule has 0 bridgehead atoms. The first-order valence-electron chi connectivity index (χ1n) is 23.0. The summed E-state index contributed by atoms with van der Waals surface area (Å²) in [5.74, 6) is -1.45. The number of carbonyl (C=O) groups excluding carboxylic acids is 2. The van der Waals surface area contributed by atoms with E-state index in [9.17, 15) is 50.1 Å². The molecule has 2 aromatic carbocycles. The number of ether oxygens (including phenoxy) is 4. The Morgan fingerprint density at radius 3 is 1.79 bits per heavy atom. The number of methoxy groups -OCH3 is 2. The van der Waals surface area contributed by atoms with Gasteiger partial charge in [-0.2, -0.15) is 4.58 Å².